The third-order valence-electron chi connectivity index (χ3n) is 4.64. The smallest absolute Gasteiger partial charge is 0.246 e. The number of benzene rings is 1. The molecule has 1 aliphatic heterocycles. The lowest BCUT2D eigenvalue weighted by molar-refractivity contribution is -0.133. The summed E-state index contributed by atoms with van der Waals surface area (Å²) in [6.45, 7) is 1.94. The van der Waals surface area contributed by atoms with Gasteiger partial charge in [-0.2, -0.15) is 5.10 Å². The maximum atomic E-state index is 11.6. The van der Waals surface area contributed by atoms with Crippen LogP contribution in [0.15, 0.2) is 30.4 Å². The van der Waals surface area contributed by atoms with Crippen LogP contribution in [0.25, 0.3) is 17.1 Å². The Morgan fingerprint density at radius 2 is 2.19 bits per heavy atom. The number of morpholine rings is 1. The van der Waals surface area contributed by atoms with E-state index >= 15 is 0 Å². The van der Waals surface area contributed by atoms with Crippen LogP contribution in [0, 0.1) is 4.77 Å². The number of aromatic amines is 1. The van der Waals surface area contributed by atoms with Gasteiger partial charge in [0.25, 0.3) is 0 Å². The van der Waals surface area contributed by atoms with E-state index in [2.05, 4.69) is 15.5 Å². The van der Waals surface area contributed by atoms with E-state index in [4.69, 9.17) is 17.0 Å². The first-order valence-electron chi connectivity index (χ1n) is 8.52. The van der Waals surface area contributed by atoms with Crippen LogP contribution >= 0.6 is 12.2 Å². The zero-order valence-electron chi connectivity index (χ0n) is 14.5. The zero-order valence-corrected chi connectivity index (χ0v) is 15.3. The third-order valence-corrected chi connectivity index (χ3v) is 4.92. The Balaban J connectivity index is 1.81. The minimum Gasteiger partial charge on any atom is -0.508 e. The fourth-order valence-electron chi connectivity index (χ4n) is 3.28. The first-order valence-corrected chi connectivity index (χ1v) is 8.92. The number of hydrogen-bond donors (Lipinski definition) is 4. The van der Waals surface area contributed by atoms with Crippen molar-refractivity contribution in [1.82, 2.24) is 20.1 Å². The number of phenolic OH excluding ortho intramolecular Hbond substituents is 2. The van der Waals surface area contributed by atoms with Gasteiger partial charge in [-0.25, -0.2) is 0 Å². The van der Waals surface area contributed by atoms with Gasteiger partial charge in [-0.1, -0.05) is 13.0 Å². The van der Waals surface area contributed by atoms with Crippen molar-refractivity contribution in [3.05, 3.63) is 40.7 Å². The lowest BCUT2D eigenvalue weighted by atomic mass is 10.0. The Morgan fingerprint density at radius 1 is 1.37 bits per heavy atom. The van der Waals surface area contributed by atoms with E-state index in [1.165, 1.54) is 6.07 Å². The van der Waals surface area contributed by atoms with Gasteiger partial charge in [-0.3, -0.25) is 14.5 Å². The van der Waals surface area contributed by atoms with Crippen molar-refractivity contribution in [2.24, 2.45) is 0 Å². The monoisotopic (exact) mass is 386 g/mol. The van der Waals surface area contributed by atoms with Crippen molar-refractivity contribution in [3.63, 3.8) is 0 Å². The minimum absolute atomic E-state index is 0.0288. The Labute approximate surface area is 159 Å². The maximum absolute atomic E-state index is 11.6. The zero-order chi connectivity index (χ0) is 19.1. The summed E-state index contributed by atoms with van der Waals surface area (Å²) in [6.07, 6.45) is 5.90. The second-order valence-electron chi connectivity index (χ2n) is 6.36. The molecule has 4 rings (SSSR count). The number of phenols is 2. The molecule has 0 spiro atoms. The number of hydrogen-bond acceptors (Lipinski definition) is 6. The van der Waals surface area contributed by atoms with E-state index in [9.17, 15) is 15.0 Å². The first-order chi connectivity index (χ1) is 13.0. The number of aromatic nitrogens is 3. The van der Waals surface area contributed by atoms with Crippen molar-refractivity contribution in [2.75, 3.05) is 6.61 Å². The molecule has 2 aliphatic rings. The molecule has 1 aromatic heterocycles. The van der Waals surface area contributed by atoms with E-state index in [1.807, 2.05) is 25.2 Å². The molecule has 0 bridgehead atoms. The van der Waals surface area contributed by atoms with Gasteiger partial charge in [-0.15, -0.1) is 0 Å². The Bertz CT molecular complexity index is 1040. The first kappa shape index (κ1) is 17.5. The molecule has 8 nitrogen and oxygen atoms in total. The predicted octanol–water partition coefficient (Wildman–Crippen LogP) is 1.88. The van der Waals surface area contributed by atoms with Gasteiger partial charge >= 0.3 is 0 Å². The highest BCUT2D eigenvalue weighted by Crippen LogP contribution is 2.35. The van der Waals surface area contributed by atoms with E-state index in [1.54, 1.807) is 10.6 Å². The number of aromatic hydroxyl groups is 2. The average Bonchev–Trinajstić information content (AvgIpc) is 3.02. The van der Waals surface area contributed by atoms with E-state index in [0.29, 0.717) is 33.8 Å². The molecule has 2 atom stereocenters. The molecule has 2 unspecified atom stereocenters. The molecular formula is C18H18N4O4S. The van der Waals surface area contributed by atoms with Gasteiger partial charge in [-0.05, 0) is 42.4 Å². The van der Waals surface area contributed by atoms with Crippen LogP contribution in [-0.4, -0.2) is 49.6 Å². The van der Waals surface area contributed by atoms with E-state index < -0.39 is 0 Å². The largest absolute Gasteiger partial charge is 0.508 e. The summed E-state index contributed by atoms with van der Waals surface area (Å²) in [6, 6.07) is 2.68. The van der Waals surface area contributed by atoms with Crippen molar-refractivity contribution >= 4 is 23.8 Å². The van der Waals surface area contributed by atoms with Crippen molar-refractivity contribution in [2.45, 2.75) is 25.5 Å². The number of amides is 1. The van der Waals surface area contributed by atoms with Crippen LogP contribution in [0.5, 0.6) is 11.5 Å². The summed E-state index contributed by atoms with van der Waals surface area (Å²) in [5, 5.41) is 30.2. The molecule has 1 saturated heterocycles. The van der Waals surface area contributed by atoms with Gasteiger partial charge in [0.05, 0.1) is 11.6 Å². The standard InChI is InChI=1S/C18H18N4O4S/c1-2-9-5-11(14(24)7-13(9)23)17-20-21-18(27)22(17)10-3-4-15-12(6-10)19-16(25)8-26-15/h3-7,12,15,23-24H,2,8H2,1H3,(H,19,25)(H,21,27). The number of fused-ring (bicyclic) bond motifs is 1. The summed E-state index contributed by atoms with van der Waals surface area (Å²) >= 11 is 5.37. The Morgan fingerprint density at radius 3 is 2.96 bits per heavy atom. The van der Waals surface area contributed by atoms with E-state index in [0.717, 1.165) is 0 Å². The number of H-pyrrole nitrogens is 1. The number of carbonyl (C=O) groups is 1. The molecule has 9 heteroatoms. The van der Waals surface area contributed by atoms with Crippen LogP contribution in [0.3, 0.4) is 0 Å². The SMILES string of the molecule is CCc1cc(-c2n[nH]c(=S)n2C2=CC3NC(=O)COC3C=C2)c(O)cc1O. The molecular weight excluding hydrogens is 368 g/mol. The number of nitrogens with zero attached hydrogens (tertiary/aromatic N) is 2. The van der Waals surface area contributed by atoms with Crippen LogP contribution in [0.1, 0.15) is 12.5 Å². The molecule has 1 fully saturated rings. The van der Waals surface area contributed by atoms with Crippen molar-refractivity contribution < 1.29 is 19.7 Å². The fourth-order valence-corrected chi connectivity index (χ4v) is 3.52. The average molecular weight is 386 g/mol. The second kappa shape index (κ2) is 6.67. The van der Waals surface area contributed by atoms with Crippen LogP contribution in [0.4, 0.5) is 0 Å². The summed E-state index contributed by atoms with van der Waals surface area (Å²) in [7, 11) is 0. The molecule has 2 aromatic rings. The number of aryl methyl sites for hydroxylation is 1. The molecule has 4 N–H and O–H groups in total. The van der Waals surface area contributed by atoms with Gasteiger partial charge in [0, 0.05) is 11.8 Å². The predicted molar refractivity (Wildman–Crippen MR) is 101 cm³/mol. The minimum atomic E-state index is -0.310. The summed E-state index contributed by atoms with van der Waals surface area (Å²) in [4.78, 5) is 11.6. The summed E-state index contributed by atoms with van der Waals surface area (Å²) in [5.74, 6) is 0.153. The van der Waals surface area contributed by atoms with Gasteiger partial charge in [0.2, 0.25) is 5.91 Å². The third kappa shape index (κ3) is 3.04. The Kier molecular flexibility index (Phi) is 4.33. The summed E-state index contributed by atoms with van der Waals surface area (Å²) in [5.41, 5.74) is 1.82. The topological polar surface area (TPSA) is 112 Å². The van der Waals surface area contributed by atoms with E-state index in [-0.39, 0.29) is 36.2 Å². The molecule has 140 valence electrons. The lowest BCUT2D eigenvalue weighted by Gasteiger charge is -2.31. The lowest BCUT2D eigenvalue weighted by Crippen LogP contribution is -2.50. The van der Waals surface area contributed by atoms with Gasteiger partial charge in [0.1, 0.15) is 24.2 Å². The van der Waals surface area contributed by atoms with Gasteiger partial charge in [0.15, 0.2) is 10.6 Å². The Hall–Kier alpha value is -2.91. The quantitative estimate of drug-likeness (QED) is 0.599. The normalized spacial score (nSPS) is 21.5. The fraction of sp³-hybridized carbons (Fsp3) is 0.278. The highest BCUT2D eigenvalue weighted by atomic mass is 32.1. The summed E-state index contributed by atoms with van der Waals surface area (Å²) < 4.78 is 7.51. The maximum Gasteiger partial charge on any atom is 0.246 e. The number of rotatable bonds is 3. The number of carbonyl (C=O) groups excluding carboxylic acids is 1. The molecule has 27 heavy (non-hydrogen) atoms. The number of nitrogens with one attached hydrogen (secondary N) is 2. The van der Waals surface area contributed by atoms with Gasteiger partial charge < -0.3 is 20.3 Å². The molecule has 2 heterocycles. The highest BCUT2D eigenvalue weighted by molar-refractivity contribution is 7.71. The van der Waals surface area contributed by atoms with Crippen LogP contribution in [0.2, 0.25) is 0 Å². The highest BCUT2D eigenvalue weighted by Gasteiger charge is 2.29. The van der Waals surface area contributed by atoms with Crippen molar-refractivity contribution in [1.29, 1.82) is 0 Å². The van der Waals surface area contributed by atoms with Crippen molar-refractivity contribution in [3.8, 4) is 22.9 Å². The molecule has 0 saturated carbocycles. The molecule has 1 aliphatic carbocycles. The molecule has 0 radical (unpaired) electrons. The number of allylic oxidation sites excluding steroid dienone is 2. The number of ether oxygens (including phenoxy) is 1. The molecule has 1 amide bonds. The second-order valence-corrected chi connectivity index (χ2v) is 6.75. The van der Waals surface area contributed by atoms with Crippen LogP contribution < -0.4 is 5.32 Å². The molecule has 1 aromatic carbocycles. The van der Waals surface area contributed by atoms with Crippen LogP contribution in [-0.2, 0) is 16.0 Å².